The molecule has 2 aromatic carbocycles. The average molecular weight is 297 g/mol. The van der Waals surface area contributed by atoms with Crippen molar-refractivity contribution in [2.75, 3.05) is 26.8 Å². The molecule has 1 saturated heterocycles. The van der Waals surface area contributed by atoms with E-state index in [1.165, 1.54) is 12.0 Å². The van der Waals surface area contributed by atoms with Crippen molar-refractivity contribution in [2.45, 2.75) is 13.0 Å². The van der Waals surface area contributed by atoms with Crippen LogP contribution in [0.1, 0.15) is 12.0 Å². The third kappa shape index (κ3) is 3.80. The zero-order valence-corrected chi connectivity index (χ0v) is 13.1. The van der Waals surface area contributed by atoms with Crippen LogP contribution in [0, 0.1) is 5.92 Å². The number of hydrogen-bond acceptors (Lipinski definition) is 3. The molecule has 0 saturated carbocycles. The number of benzene rings is 2. The van der Waals surface area contributed by atoms with Gasteiger partial charge in [-0.2, -0.15) is 0 Å². The van der Waals surface area contributed by atoms with E-state index in [2.05, 4.69) is 35.2 Å². The molecule has 0 N–H and O–H groups in total. The summed E-state index contributed by atoms with van der Waals surface area (Å²) in [6.07, 6.45) is 1.20. The molecule has 0 aliphatic carbocycles. The molecule has 1 fully saturated rings. The molecule has 1 heterocycles. The van der Waals surface area contributed by atoms with Crippen LogP contribution in [0.5, 0.6) is 11.5 Å². The molecule has 3 rings (SSSR count). The summed E-state index contributed by atoms with van der Waals surface area (Å²) in [6, 6.07) is 18.5. The molecule has 1 aliphatic heterocycles. The Bertz CT molecular complexity index is 585. The fraction of sp³-hybridized carbons (Fsp3) is 0.368. The van der Waals surface area contributed by atoms with E-state index in [4.69, 9.17) is 9.47 Å². The predicted octanol–water partition coefficient (Wildman–Crippen LogP) is 3.60. The highest BCUT2D eigenvalue weighted by atomic mass is 16.5. The highest BCUT2D eigenvalue weighted by Crippen LogP contribution is 2.27. The number of rotatable bonds is 6. The van der Waals surface area contributed by atoms with Gasteiger partial charge in [-0.25, -0.2) is 0 Å². The van der Waals surface area contributed by atoms with Crippen LogP contribution in [-0.2, 0) is 6.54 Å². The van der Waals surface area contributed by atoms with Gasteiger partial charge in [-0.05, 0) is 30.7 Å². The fourth-order valence-electron chi connectivity index (χ4n) is 2.98. The number of hydrogen-bond donors (Lipinski definition) is 0. The van der Waals surface area contributed by atoms with Crippen molar-refractivity contribution in [3.63, 3.8) is 0 Å². The molecule has 3 nitrogen and oxygen atoms in total. The van der Waals surface area contributed by atoms with Crippen LogP contribution in [0.3, 0.4) is 0 Å². The van der Waals surface area contributed by atoms with E-state index in [1.54, 1.807) is 7.11 Å². The second kappa shape index (κ2) is 7.32. The second-order valence-corrected chi connectivity index (χ2v) is 5.84. The SMILES string of the molecule is COc1ccccc1OCC1CCN(Cc2ccccc2)C1. The minimum Gasteiger partial charge on any atom is -0.493 e. The smallest absolute Gasteiger partial charge is 0.161 e. The van der Waals surface area contributed by atoms with Crippen LogP contribution in [0.4, 0.5) is 0 Å². The Morgan fingerprint density at radius 2 is 1.73 bits per heavy atom. The predicted molar refractivity (Wildman–Crippen MR) is 88.3 cm³/mol. The van der Waals surface area contributed by atoms with E-state index < -0.39 is 0 Å². The maximum Gasteiger partial charge on any atom is 0.161 e. The Hall–Kier alpha value is -2.00. The van der Waals surface area contributed by atoms with Crippen LogP contribution >= 0.6 is 0 Å². The summed E-state index contributed by atoms with van der Waals surface area (Å²) in [5.41, 5.74) is 1.38. The maximum atomic E-state index is 5.96. The molecular weight excluding hydrogens is 274 g/mol. The van der Waals surface area contributed by atoms with E-state index in [9.17, 15) is 0 Å². The van der Waals surface area contributed by atoms with E-state index >= 15 is 0 Å². The first-order valence-corrected chi connectivity index (χ1v) is 7.87. The van der Waals surface area contributed by atoms with Gasteiger partial charge in [0.25, 0.3) is 0 Å². The van der Waals surface area contributed by atoms with Crippen molar-refractivity contribution in [3.05, 3.63) is 60.2 Å². The first kappa shape index (κ1) is 14.9. The Balaban J connectivity index is 1.49. The summed E-state index contributed by atoms with van der Waals surface area (Å²) in [7, 11) is 1.68. The summed E-state index contributed by atoms with van der Waals surface area (Å²) in [5, 5.41) is 0. The molecule has 0 bridgehead atoms. The van der Waals surface area contributed by atoms with Crippen LogP contribution < -0.4 is 9.47 Å². The van der Waals surface area contributed by atoms with Gasteiger partial charge in [0, 0.05) is 19.0 Å². The minimum absolute atomic E-state index is 0.591. The second-order valence-electron chi connectivity index (χ2n) is 5.84. The number of likely N-dealkylation sites (tertiary alicyclic amines) is 1. The molecule has 116 valence electrons. The Morgan fingerprint density at radius 3 is 2.50 bits per heavy atom. The average Bonchev–Trinajstić information content (AvgIpc) is 3.01. The molecule has 3 heteroatoms. The van der Waals surface area contributed by atoms with E-state index in [1.807, 2.05) is 24.3 Å². The first-order chi connectivity index (χ1) is 10.8. The van der Waals surface area contributed by atoms with Gasteiger partial charge in [-0.15, -0.1) is 0 Å². The van der Waals surface area contributed by atoms with Gasteiger partial charge in [0.2, 0.25) is 0 Å². The molecule has 22 heavy (non-hydrogen) atoms. The highest BCUT2D eigenvalue weighted by Gasteiger charge is 2.23. The number of ether oxygens (including phenoxy) is 2. The molecule has 1 atom stereocenters. The molecule has 0 amide bonds. The summed E-state index contributed by atoms with van der Waals surface area (Å²) >= 11 is 0. The van der Waals surface area contributed by atoms with Crippen molar-refractivity contribution in [1.82, 2.24) is 4.90 Å². The third-order valence-corrected chi connectivity index (χ3v) is 4.16. The third-order valence-electron chi connectivity index (χ3n) is 4.16. The highest BCUT2D eigenvalue weighted by molar-refractivity contribution is 5.39. The number of methoxy groups -OCH3 is 1. The van der Waals surface area contributed by atoms with Gasteiger partial charge >= 0.3 is 0 Å². The lowest BCUT2D eigenvalue weighted by Gasteiger charge is -2.17. The zero-order valence-electron chi connectivity index (χ0n) is 13.1. The van der Waals surface area contributed by atoms with Crippen molar-refractivity contribution in [2.24, 2.45) is 5.92 Å². The van der Waals surface area contributed by atoms with Gasteiger partial charge in [-0.1, -0.05) is 42.5 Å². The number of nitrogens with zero attached hydrogens (tertiary/aromatic N) is 1. The molecule has 0 spiro atoms. The van der Waals surface area contributed by atoms with E-state index in [-0.39, 0.29) is 0 Å². The quantitative estimate of drug-likeness (QED) is 0.813. The lowest BCUT2D eigenvalue weighted by molar-refractivity contribution is 0.230. The van der Waals surface area contributed by atoms with Gasteiger partial charge in [0.05, 0.1) is 13.7 Å². The Morgan fingerprint density at radius 1 is 1.00 bits per heavy atom. The number of para-hydroxylation sites is 2. The summed E-state index contributed by atoms with van der Waals surface area (Å²) < 4.78 is 11.3. The van der Waals surface area contributed by atoms with Gasteiger partial charge < -0.3 is 9.47 Å². The minimum atomic E-state index is 0.591. The lowest BCUT2D eigenvalue weighted by Crippen LogP contribution is -2.22. The summed E-state index contributed by atoms with van der Waals surface area (Å²) in [4.78, 5) is 2.51. The van der Waals surface area contributed by atoms with Crippen LogP contribution in [-0.4, -0.2) is 31.7 Å². The topological polar surface area (TPSA) is 21.7 Å². The standard InChI is InChI=1S/C19H23NO2/c1-21-18-9-5-6-10-19(18)22-15-17-11-12-20(14-17)13-16-7-3-2-4-8-16/h2-10,17H,11-15H2,1H3. The van der Waals surface area contributed by atoms with E-state index in [0.717, 1.165) is 37.7 Å². The van der Waals surface area contributed by atoms with Crippen LogP contribution in [0.15, 0.2) is 54.6 Å². The normalized spacial score (nSPS) is 18.3. The Kier molecular flexibility index (Phi) is 4.96. The molecule has 0 radical (unpaired) electrons. The maximum absolute atomic E-state index is 5.96. The van der Waals surface area contributed by atoms with Gasteiger partial charge in [0.1, 0.15) is 0 Å². The van der Waals surface area contributed by atoms with Crippen LogP contribution in [0.25, 0.3) is 0 Å². The zero-order chi connectivity index (χ0) is 15.2. The molecular formula is C19H23NO2. The Labute approximate surface area is 132 Å². The monoisotopic (exact) mass is 297 g/mol. The molecule has 1 aliphatic rings. The largest absolute Gasteiger partial charge is 0.493 e. The molecule has 1 unspecified atom stereocenters. The van der Waals surface area contributed by atoms with Crippen molar-refractivity contribution in [1.29, 1.82) is 0 Å². The van der Waals surface area contributed by atoms with Crippen molar-refractivity contribution in [3.8, 4) is 11.5 Å². The summed E-state index contributed by atoms with van der Waals surface area (Å²) in [5.74, 6) is 2.24. The summed E-state index contributed by atoms with van der Waals surface area (Å²) in [6.45, 7) is 4.04. The van der Waals surface area contributed by atoms with Gasteiger partial charge in [-0.3, -0.25) is 4.90 Å². The van der Waals surface area contributed by atoms with Crippen molar-refractivity contribution < 1.29 is 9.47 Å². The first-order valence-electron chi connectivity index (χ1n) is 7.87. The van der Waals surface area contributed by atoms with E-state index in [0.29, 0.717) is 5.92 Å². The fourth-order valence-corrected chi connectivity index (χ4v) is 2.98. The lowest BCUT2D eigenvalue weighted by atomic mass is 10.1. The molecule has 2 aromatic rings. The van der Waals surface area contributed by atoms with Gasteiger partial charge in [0.15, 0.2) is 11.5 Å². The molecule has 0 aromatic heterocycles. The van der Waals surface area contributed by atoms with Crippen molar-refractivity contribution >= 4 is 0 Å². The van der Waals surface area contributed by atoms with Crippen LogP contribution in [0.2, 0.25) is 0 Å².